The van der Waals surface area contributed by atoms with Crippen LogP contribution in [0.1, 0.15) is 6.42 Å². The molecule has 0 amide bonds. The number of hydrogen-bond donors (Lipinski definition) is 2. The lowest BCUT2D eigenvalue weighted by Gasteiger charge is -1.95. The number of rotatable bonds is 4. The topological polar surface area (TPSA) is 127 Å². The molecule has 0 heterocycles. The standard InChI is InChI=1S/C6H5Cl2N.C3H7NO5S2/c7-4-1-2-5(8)6(9)3-4;5-10(6)4-2-1-3-11(7,8)9/h1-3H,9H2;1-3H2,(H,7,8,9). The second-order valence-corrected chi connectivity index (χ2v) is 6.48. The Morgan fingerprint density at radius 1 is 1.30 bits per heavy atom. The van der Waals surface area contributed by atoms with Crippen LogP contribution >= 0.6 is 23.2 Å². The Morgan fingerprint density at radius 2 is 1.90 bits per heavy atom. The molecule has 0 bridgehead atoms. The van der Waals surface area contributed by atoms with E-state index in [-0.39, 0.29) is 13.0 Å². The highest BCUT2D eigenvalue weighted by Crippen LogP contribution is 2.21. The second-order valence-electron chi connectivity index (χ2n) is 3.38. The van der Waals surface area contributed by atoms with Crippen molar-refractivity contribution in [3.63, 3.8) is 0 Å². The largest absolute Gasteiger partial charge is 0.397 e. The molecular formula is C9H12Cl2N2O5S2. The zero-order valence-electron chi connectivity index (χ0n) is 10.0. The highest BCUT2D eigenvalue weighted by Gasteiger charge is 2.01. The molecule has 0 radical (unpaired) electrons. The highest BCUT2D eigenvalue weighted by molar-refractivity contribution is 7.85. The van der Waals surface area contributed by atoms with E-state index >= 15 is 0 Å². The van der Waals surface area contributed by atoms with Gasteiger partial charge in [0.05, 0.1) is 23.0 Å². The van der Waals surface area contributed by atoms with Gasteiger partial charge in [0.1, 0.15) is 0 Å². The average molecular weight is 363 g/mol. The van der Waals surface area contributed by atoms with Gasteiger partial charge in [0.25, 0.3) is 10.1 Å². The first-order valence-corrected chi connectivity index (χ1v) is 8.44. The van der Waals surface area contributed by atoms with E-state index in [4.69, 9.17) is 33.5 Å². The van der Waals surface area contributed by atoms with Crippen molar-refractivity contribution < 1.29 is 21.4 Å². The van der Waals surface area contributed by atoms with Crippen LogP contribution in [0.15, 0.2) is 22.6 Å². The van der Waals surface area contributed by atoms with E-state index in [9.17, 15) is 16.8 Å². The molecule has 1 rings (SSSR count). The molecule has 1 aromatic carbocycles. The van der Waals surface area contributed by atoms with Crippen LogP contribution in [-0.2, 0) is 20.6 Å². The molecule has 0 unspecified atom stereocenters. The SMILES string of the molecule is Nc1cc(Cl)ccc1Cl.O=S(=O)=NCCCS(=O)(=O)O. The summed E-state index contributed by atoms with van der Waals surface area (Å²) in [4.78, 5) is 0. The van der Waals surface area contributed by atoms with Gasteiger partial charge in [-0.25, -0.2) is 0 Å². The zero-order valence-corrected chi connectivity index (χ0v) is 13.2. The fourth-order valence-electron chi connectivity index (χ4n) is 0.901. The van der Waals surface area contributed by atoms with Gasteiger partial charge in [-0.1, -0.05) is 23.2 Å². The third-order valence-electron chi connectivity index (χ3n) is 1.72. The first kappa shape index (κ1) is 19.1. The van der Waals surface area contributed by atoms with Crippen molar-refractivity contribution >= 4 is 49.5 Å². The summed E-state index contributed by atoms with van der Waals surface area (Å²) in [6.07, 6.45) is 0.00676. The molecule has 0 spiro atoms. The second kappa shape index (κ2) is 9.14. The van der Waals surface area contributed by atoms with E-state index < -0.39 is 26.4 Å². The van der Waals surface area contributed by atoms with Crippen LogP contribution in [-0.4, -0.2) is 33.7 Å². The predicted octanol–water partition coefficient (Wildman–Crippen LogP) is 1.90. The quantitative estimate of drug-likeness (QED) is 0.478. The van der Waals surface area contributed by atoms with Crippen molar-refractivity contribution in [1.29, 1.82) is 0 Å². The van der Waals surface area contributed by atoms with Gasteiger partial charge < -0.3 is 5.73 Å². The molecule has 0 aliphatic rings. The van der Waals surface area contributed by atoms with Crippen LogP contribution in [0.3, 0.4) is 0 Å². The predicted molar refractivity (Wildman–Crippen MR) is 78.1 cm³/mol. The molecule has 114 valence electrons. The molecule has 3 N–H and O–H groups in total. The Balaban J connectivity index is 0.000000367. The number of hydrogen-bond acceptors (Lipinski definition) is 6. The summed E-state index contributed by atoms with van der Waals surface area (Å²) in [7, 11) is -6.48. The van der Waals surface area contributed by atoms with Gasteiger partial charge in [0, 0.05) is 5.02 Å². The number of nitrogen functional groups attached to an aromatic ring is 1. The molecule has 0 aliphatic carbocycles. The summed E-state index contributed by atoms with van der Waals surface area (Å²) in [5, 5.41) is 1.15. The van der Waals surface area contributed by atoms with Crippen molar-refractivity contribution in [1.82, 2.24) is 0 Å². The summed E-state index contributed by atoms with van der Waals surface area (Å²) in [5.74, 6) is -0.465. The van der Waals surface area contributed by atoms with Gasteiger partial charge in [-0.05, 0) is 24.6 Å². The van der Waals surface area contributed by atoms with E-state index in [0.717, 1.165) is 0 Å². The monoisotopic (exact) mass is 362 g/mol. The van der Waals surface area contributed by atoms with E-state index in [1.807, 2.05) is 0 Å². The first-order chi connectivity index (χ1) is 9.11. The third-order valence-corrected chi connectivity index (χ3v) is 3.49. The van der Waals surface area contributed by atoms with Crippen molar-refractivity contribution in [2.45, 2.75) is 6.42 Å². The molecule has 11 heteroatoms. The minimum Gasteiger partial charge on any atom is -0.397 e. The number of nitrogens with zero attached hydrogens (tertiary/aromatic N) is 1. The van der Waals surface area contributed by atoms with E-state index in [0.29, 0.717) is 15.7 Å². The fourth-order valence-corrected chi connectivity index (χ4v) is 1.97. The molecule has 0 saturated heterocycles. The van der Waals surface area contributed by atoms with Gasteiger partial charge in [0.2, 0.25) is 0 Å². The summed E-state index contributed by atoms with van der Waals surface area (Å²) in [6, 6.07) is 4.98. The van der Waals surface area contributed by atoms with Gasteiger partial charge in [-0.2, -0.15) is 21.2 Å². The zero-order chi connectivity index (χ0) is 15.8. The normalized spacial score (nSPS) is 10.3. The van der Waals surface area contributed by atoms with Crippen LogP contribution in [0.5, 0.6) is 0 Å². The lowest BCUT2D eigenvalue weighted by Crippen LogP contribution is -2.04. The number of benzene rings is 1. The van der Waals surface area contributed by atoms with Crippen molar-refractivity contribution in [2.24, 2.45) is 4.36 Å². The lowest BCUT2D eigenvalue weighted by atomic mass is 10.3. The van der Waals surface area contributed by atoms with E-state index in [1.54, 1.807) is 18.2 Å². The van der Waals surface area contributed by atoms with Gasteiger partial charge >= 0.3 is 10.5 Å². The number of anilines is 1. The molecule has 0 saturated carbocycles. The molecule has 0 aliphatic heterocycles. The molecule has 1 aromatic rings. The van der Waals surface area contributed by atoms with Gasteiger partial charge in [0.15, 0.2) is 0 Å². The van der Waals surface area contributed by atoms with Crippen LogP contribution in [0.4, 0.5) is 5.69 Å². The maximum absolute atomic E-state index is 10.0. The number of halogens is 2. The Bertz CT molecular complexity index is 666. The molecular weight excluding hydrogens is 351 g/mol. The van der Waals surface area contributed by atoms with Gasteiger partial charge in [-0.15, -0.1) is 0 Å². The average Bonchev–Trinajstić information content (AvgIpc) is 2.29. The number of nitrogens with two attached hydrogens (primary N) is 1. The molecule has 0 atom stereocenters. The summed E-state index contributed by atoms with van der Waals surface area (Å²) >= 11 is 11.2. The minimum absolute atomic E-state index is 0.00676. The summed E-state index contributed by atoms with van der Waals surface area (Å²) < 4.78 is 50.7. The van der Waals surface area contributed by atoms with Crippen LogP contribution in [0.2, 0.25) is 10.0 Å². The molecule has 0 fully saturated rings. The molecule has 0 aromatic heterocycles. The fraction of sp³-hybridized carbons (Fsp3) is 0.333. The highest BCUT2D eigenvalue weighted by atomic mass is 35.5. The first-order valence-electron chi connectivity index (χ1n) is 5.04. The van der Waals surface area contributed by atoms with E-state index in [1.165, 1.54) is 0 Å². The van der Waals surface area contributed by atoms with Crippen LogP contribution < -0.4 is 5.73 Å². The molecule has 20 heavy (non-hydrogen) atoms. The van der Waals surface area contributed by atoms with Gasteiger partial charge in [-0.3, -0.25) is 4.55 Å². The Kier molecular flexibility index (Phi) is 8.74. The Morgan fingerprint density at radius 3 is 2.30 bits per heavy atom. The summed E-state index contributed by atoms with van der Waals surface area (Å²) in [5.41, 5.74) is 5.92. The smallest absolute Gasteiger partial charge is 0.311 e. The van der Waals surface area contributed by atoms with Crippen molar-refractivity contribution in [2.75, 3.05) is 18.0 Å². The van der Waals surface area contributed by atoms with Crippen LogP contribution in [0.25, 0.3) is 0 Å². The Labute approximate surface area is 128 Å². The van der Waals surface area contributed by atoms with Crippen LogP contribution in [0, 0.1) is 0 Å². The van der Waals surface area contributed by atoms with Crippen molar-refractivity contribution in [3.05, 3.63) is 28.2 Å². The van der Waals surface area contributed by atoms with Crippen molar-refractivity contribution in [3.8, 4) is 0 Å². The van der Waals surface area contributed by atoms with E-state index in [2.05, 4.69) is 4.36 Å². The third kappa shape index (κ3) is 11.0. The lowest BCUT2D eigenvalue weighted by molar-refractivity contribution is 0.481. The Hall–Kier alpha value is -0.870. The maximum atomic E-state index is 10.0. The molecule has 7 nitrogen and oxygen atoms in total. The summed E-state index contributed by atoms with van der Waals surface area (Å²) in [6.45, 7) is -0.115. The maximum Gasteiger partial charge on any atom is 0.311 e. The minimum atomic E-state index is -3.98.